The smallest absolute Gasteiger partial charge is 0.237 e. The Kier molecular flexibility index (Phi) is 14.9. The SMILES string of the molecule is COCCCNC(=O)C(C)N1CCN(C(=O)CC(C)C2CCNCC2)CC1.Cl.Cl. The van der Waals surface area contributed by atoms with Crippen LogP contribution in [0.1, 0.15) is 39.5 Å². The number of carbonyl (C=O) groups is 2. The normalized spacial score (nSPS) is 20.2. The Hall–Kier alpha value is -0.600. The lowest BCUT2D eigenvalue weighted by molar-refractivity contribution is -0.135. The molecular weight excluding hydrogens is 415 g/mol. The van der Waals surface area contributed by atoms with Crippen molar-refractivity contribution in [3.05, 3.63) is 0 Å². The number of amides is 2. The monoisotopic (exact) mass is 454 g/mol. The van der Waals surface area contributed by atoms with Gasteiger partial charge in [0, 0.05) is 52.9 Å². The molecule has 2 aliphatic rings. The van der Waals surface area contributed by atoms with Crippen LogP contribution in [0.25, 0.3) is 0 Å². The van der Waals surface area contributed by atoms with Crippen molar-refractivity contribution in [2.75, 3.05) is 59.5 Å². The van der Waals surface area contributed by atoms with Crippen LogP contribution in [0, 0.1) is 11.8 Å². The quantitative estimate of drug-likeness (QED) is 0.516. The summed E-state index contributed by atoms with van der Waals surface area (Å²) in [4.78, 5) is 29.1. The number of methoxy groups -OCH3 is 1. The first-order chi connectivity index (χ1) is 13.0. The van der Waals surface area contributed by atoms with Gasteiger partial charge in [-0.25, -0.2) is 0 Å². The molecule has 7 nitrogen and oxygen atoms in total. The standard InChI is InChI=1S/C20H38N4O3.2ClH/c1-16(18-5-8-21-9-6-18)15-19(25)24-12-10-23(11-13-24)17(2)20(26)22-7-4-14-27-3;;/h16-18,21H,4-15H2,1-3H3,(H,22,26);2*1H. The summed E-state index contributed by atoms with van der Waals surface area (Å²) in [5.74, 6) is 1.45. The molecule has 0 spiro atoms. The molecule has 2 fully saturated rings. The molecule has 2 rings (SSSR count). The van der Waals surface area contributed by atoms with Crippen LogP contribution < -0.4 is 10.6 Å². The van der Waals surface area contributed by atoms with Crippen LogP contribution in [-0.2, 0) is 14.3 Å². The zero-order chi connectivity index (χ0) is 19.6. The first-order valence-corrected chi connectivity index (χ1v) is 10.5. The Morgan fingerprint density at radius 1 is 1.10 bits per heavy atom. The molecule has 172 valence electrons. The fraction of sp³-hybridized carbons (Fsp3) is 0.900. The van der Waals surface area contributed by atoms with Gasteiger partial charge in [0.25, 0.3) is 0 Å². The van der Waals surface area contributed by atoms with Crippen LogP contribution in [0.3, 0.4) is 0 Å². The summed E-state index contributed by atoms with van der Waals surface area (Å²) in [5, 5.41) is 6.35. The van der Waals surface area contributed by atoms with Gasteiger partial charge >= 0.3 is 0 Å². The molecule has 29 heavy (non-hydrogen) atoms. The summed E-state index contributed by atoms with van der Waals surface area (Å²) >= 11 is 0. The van der Waals surface area contributed by atoms with E-state index >= 15 is 0 Å². The highest BCUT2D eigenvalue weighted by atomic mass is 35.5. The highest BCUT2D eigenvalue weighted by molar-refractivity contribution is 5.85. The van der Waals surface area contributed by atoms with Gasteiger partial charge in [0.05, 0.1) is 6.04 Å². The van der Waals surface area contributed by atoms with E-state index in [9.17, 15) is 9.59 Å². The summed E-state index contributed by atoms with van der Waals surface area (Å²) in [6.45, 7) is 10.6. The van der Waals surface area contributed by atoms with Crippen molar-refractivity contribution in [2.24, 2.45) is 11.8 Å². The van der Waals surface area contributed by atoms with E-state index in [0.717, 1.165) is 45.7 Å². The van der Waals surface area contributed by atoms with Gasteiger partial charge in [-0.1, -0.05) is 6.92 Å². The molecule has 0 radical (unpaired) electrons. The van der Waals surface area contributed by atoms with Gasteiger partial charge in [0.1, 0.15) is 0 Å². The minimum absolute atomic E-state index is 0. The summed E-state index contributed by atoms with van der Waals surface area (Å²) in [7, 11) is 1.67. The fourth-order valence-corrected chi connectivity index (χ4v) is 4.08. The maximum Gasteiger partial charge on any atom is 0.237 e. The van der Waals surface area contributed by atoms with Gasteiger partial charge in [0.2, 0.25) is 11.8 Å². The lowest BCUT2D eigenvalue weighted by atomic mass is 9.84. The Bertz CT molecular complexity index is 471. The summed E-state index contributed by atoms with van der Waals surface area (Å²) in [5.41, 5.74) is 0. The average Bonchev–Trinajstić information content (AvgIpc) is 2.71. The molecule has 2 amide bonds. The number of nitrogens with zero attached hydrogens (tertiary/aromatic N) is 2. The van der Waals surface area contributed by atoms with E-state index in [2.05, 4.69) is 22.5 Å². The van der Waals surface area contributed by atoms with Crippen molar-refractivity contribution in [3.63, 3.8) is 0 Å². The van der Waals surface area contributed by atoms with Gasteiger partial charge in [-0.15, -0.1) is 24.8 Å². The van der Waals surface area contributed by atoms with Crippen LogP contribution >= 0.6 is 24.8 Å². The van der Waals surface area contributed by atoms with Gasteiger partial charge in [-0.2, -0.15) is 0 Å². The Balaban J connectivity index is 0.00000392. The fourth-order valence-electron chi connectivity index (χ4n) is 4.08. The maximum atomic E-state index is 12.7. The zero-order valence-corrected chi connectivity index (χ0v) is 19.8. The van der Waals surface area contributed by atoms with E-state index in [-0.39, 0.29) is 42.7 Å². The lowest BCUT2D eigenvalue weighted by Gasteiger charge is -2.38. The third-order valence-electron chi connectivity index (χ3n) is 6.10. The van der Waals surface area contributed by atoms with Crippen molar-refractivity contribution in [2.45, 2.75) is 45.6 Å². The molecule has 2 unspecified atom stereocenters. The Labute approximate surface area is 188 Å². The number of halogens is 2. The number of nitrogens with one attached hydrogen (secondary N) is 2. The predicted molar refractivity (Wildman–Crippen MR) is 121 cm³/mol. The predicted octanol–water partition coefficient (Wildman–Crippen LogP) is 1.54. The van der Waals surface area contributed by atoms with Gasteiger partial charge in [-0.05, 0) is 51.1 Å². The van der Waals surface area contributed by atoms with E-state index in [0.29, 0.717) is 31.4 Å². The molecular formula is C20H40Cl2N4O3. The molecule has 0 aromatic rings. The van der Waals surface area contributed by atoms with Crippen molar-refractivity contribution >= 4 is 36.6 Å². The van der Waals surface area contributed by atoms with Crippen LogP contribution in [0.2, 0.25) is 0 Å². The summed E-state index contributed by atoms with van der Waals surface area (Å²) in [6.07, 6.45) is 3.84. The Morgan fingerprint density at radius 2 is 1.72 bits per heavy atom. The van der Waals surface area contributed by atoms with Crippen molar-refractivity contribution in [1.82, 2.24) is 20.4 Å². The first kappa shape index (κ1) is 28.4. The lowest BCUT2D eigenvalue weighted by Crippen LogP contribution is -2.55. The zero-order valence-electron chi connectivity index (χ0n) is 18.2. The third-order valence-corrected chi connectivity index (χ3v) is 6.10. The van der Waals surface area contributed by atoms with Crippen LogP contribution in [-0.4, -0.2) is 87.2 Å². The second-order valence-corrected chi connectivity index (χ2v) is 8.00. The van der Waals surface area contributed by atoms with Gasteiger partial charge in [0.15, 0.2) is 0 Å². The second kappa shape index (κ2) is 15.2. The molecule has 0 aromatic carbocycles. The molecule has 2 heterocycles. The number of hydrogen-bond donors (Lipinski definition) is 2. The minimum atomic E-state index is -0.154. The van der Waals surface area contributed by atoms with Gasteiger partial charge < -0.3 is 20.3 Å². The molecule has 2 saturated heterocycles. The largest absolute Gasteiger partial charge is 0.385 e. The van der Waals surface area contributed by atoms with E-state index in [1.807, 2.05) is 11.8 Å². The number of piperidine rings is 1. The van der Waals surface area contributed by atoms with Crippen molar-refractivity contribution < 1.29 is 14.3 Å². The van der Waals surface area contributed by atoms with E-state index in [1.165, 1.54) is 12.8 Å². The van der Waals surface area contributed by atoms with E-state index < -0.39 is 0 Å². The number of ether oxygens (including phenoxy) is 1. The summed E-state index contributed by atoms with van der Waals surface area (Å²) in [6, 6.07) is -0.154. The number of rotatable bonds is 9. The first-order valence-electron chi connectivity index (χ1n) is 10.5. The second-order valence-electron chi connectivity index (χ2n) is 8.00. The molecule has 0 bridgehead atoms. The Morgan fingerprint density at radius 3 is 2.31 bits per heavy atom. The highest BCUT2D eigenvalue weighted by Crippen LogP contribution is 2.25. The number of carbonyl (C=O) groups excluding carboxylic acids is 2. The third kappa shape index (κ3) is 9.39. The molecule has 0 saturated carbocycles. The van der Waals surface area contributed by atoms with Gasteiger partial charge in [-0.3, -0.25) is 14.5 Å². The molecule has 9 heteroatoms. The average molecular weight is 455 g/mol. The van der Waals surface area contributed by atoms with E-state index in [4.69, 9.17) is 4.74 Å². The molecule has 2 atom stereocenters. The number of hydrogen-bond acceptors (Lipinski definition) is 5. The molecule has 2 aliphatic heterocycles. The highest BCUT2D eigenvalue weighted by Gasteiger charge is 2.29. The van der Waals surface area contributed by atoms with Crippen LogP contribution in [0.5, 0.6) is 0 Å². The van der Waals surface area contributed by atoms with Crippen LogP contribution in [0.4, 0.5) is 0 Å². The van der Waals surface area contributed by atoms with Crippen LogP contribution in [0.15, 0.2) is 0 Å². The molecule has 2 N–H and O–H groups in total. The van der Waals surface area contributed by atoms with Crippen molar-refractivity contribution in [1.29, 1.82) is 0 Å². The number of piperazine rings is 1. The topological polar surface area (TPSA) is 73.9 Å². The maximum absolute atomic E-state index is 12.7. The van der Waals surface area contributed by atoms with E-state index in [1.54, 1.807) is 7.11 Å². The minimum Gasteiger partial charge on any atom is -0.385 e. The summed E-state index contributed by atoms with van der Waals surface area (Å²) < 4.78 is 5.00. The molecule has 0 aromatic heterocycles. The van der Waals surface area contributed by atoms with Crippen molar-refractivity contribution in [3.8, 4) is 0 Å². The molecule has 0 aliphatic carbocycles.